The molecule has 0 N–H and O–H groups in total. The van der Waals surface area contributed by atoms with Crippen LogP contribution in [0.4, 0.5) is 5.69 Å². The molecule has 0 fully saturated rings. The molecular weight excluding hydrogens is 452 g/mol. The summed E-state index contributed by atoms with van der Waals surface area (Å²) < 4.78 is 12.0. The minimum Gasteiger partial charge on any atom is -0.497 e. The number of methoxy groups -OCH3 is 2. The van der Waals surface area contributed by atoms with Crippen LogP contribution in [0, 0.1) is 0 Å². The summed E-state index contributed by atoms with van der Waals surface area (Å²) >= 11 is 9.64. The van der Waals surface area contributed by atoms with Crippen LogP contribution in [0.15, 0.2) is 76.3 Å². The third-order valence-electron chi connectivity index (χ3n) is 4.96. The van der Waals surface area contributed by atoms with Crippen LogP contribution >= 0.6 is 27.5 Å². The number of hydrogen-bond acceptors (Lipinski definition) is 4. The summed E-state index contributed by atoms with van der Waals surface area (Å²) in [5.41, 5.74) is 4.13. The maximum Gasteiger partial charge on any atom is 0.127 e. The monoisotopic (exact) mass is 470 g/mol. The highest BCUT2D eigenvalue weighted by Crippen LogP contribution is 2.41. The first-order chi connectivity index (χ1) is 14.1. The first kappa shape index (κ1) is 19.8. The first-order valence-corrected chi connectivity index (χ1v) is 10.4. The first-order valence-electron chi connectivity index (χ1n) is 9.19. The van der Waals surface area contributed by atoms with Crippen molar-refractivity contribution in [3.63, 3.8) is 0 Å². The van der Waals surface area contributed by atoms with Crippen molar-refractivity contribution in [2.75, 3.05) is 19.2 Å². The Labute approximate surface area is 183 Å². The summed E-state index contributed by atoms with van der Waals surface area (Å²) in [6.45, 7) is 0. The third kappa shape index (κ3) is 4.11. The van der Waals surface area contributed by atoms with Gasteiger partial charge in [-0.15, -0.1) is 0 Å². The van der Waals surface area contributed by atoms with E-state index in [1.807, 2.05) is 54.6 Å². The van der Waals surface area contributed by atoms with Gasteiger partial charge in [-0.25, -0.2) is 0 Å². The molecule has 0 radical (unpaired) electrons. The van der Waals surface area contributed by atoms with Crippen molar-refractivity contribution < 1.29 is 9.47 Å². The molecule has 0 saturated carbocycles. The van der Waals surface area contributed by atoms with Gasteiger partial charge in [0.2, 0.25) is 0 Å². The molecule has 3 aromatic carbocycles. The molecule has 1 atom stereocenters. The second kappa shape index (κ2) is 8.47. The molecule has 1 aliphatic rings. The Morgan fingerprint density at radius 1 is 1.00 bits per heavy atom. The van der Waals surface area contributed by atoms with E-state index in [9.17, 15) is 0 Å². The average molecular weight is 472 g/mol. The molecule has 4 rings (SSSR count). The molecule has 0 aliphatic carbocycles. The van der Waals surface area contributed by atoms with Gasteiger partial charge >= 0.3 is 0 Å². The number of anilines is 1. The molecule has 6 heteroatoms. The molecule has 0 spiro atoms. The molecule has 3 aromatic rings. The van der Waals surface area contributed by atoms with Crippen molar-refractivity contribution in [1.29, 1.82) is 0 Å². The van der Waals surface area contributed by atoms with Gasteiger partial charge < -0.3 is 9.47 Å². The highest BCUT2D eigenvalue weighted by atomic mass is 79.9. The predicted molar refractivity (Wildman–Crippen MR) is 122 cm³/mol. The molecule has 29 heavy (non-hydrogen) atoms. The Hall–Kier alpha value is -2.50. The van der Waals surface area contributed by atoms with Crippen molar-refractivity contribution >= 4 is 38.9 Å². The van der Waals surface area contributed by atoms with Gasteiger partial charge in [-0.05, 0) is 48.0 Å². The predicted octanol–water partition coefficient (Wildman–Crippen LogP) is 6.48. The second-order valence-electron chi connectivity index (χ2n) is 6.71. The zero-order valence-electron chi connectivity index (χ0n) is 16.1. The normalized spacial score (nSPS) is 15.9. The molecule has 0 unspecified atom stereocenters. The fourth-order valence-electron chi connectivity index (χ4n) is 3.52. The Balaban J connectivity index is 1.79. The summed E-state index contributed by atoms with van der Waals surface area (Å²) in [7, 11) is 3.33. The number of hydrazone groups is 1. The lowest BCUT2D eigenvalue weighted by molar-refractivity contribution is 0.388. The summed E-state index contributed by atoms with van der Waals surface area (Å²) in [6, 6.07) is 21.9. The van der Waals surface area contributed by atoms with Crippen molar-refractivity contribution in [2.24, 2.45) is 5.10 Å². The SMILES string of the molecule is COc1ccc([C@@H]2CC(c3ccc(Cl)cc3)=NN2c2cccc(Br)c2)c(OC)c1. The Bertz CT molecular complexity index is 1050. The van der Waals surface area contributed by atoms with Gasteiger partial charge in [-0.1, -0.05) is 45.7 Å². The molecule has 0 amide bonds. The molecule has 148 valence electrons. The highest BCUT2D eigenvalue weighted by Gasteiger charge is 2.32. The Kier molecular flexibility index (Phi) is 5.79. The van der Waals surface area contributed by atoms with Gasteiger partial charge in [0.05, 0.1) is 31.7 Å². The van der Waals surface area contributed by atoms with Crippen LogP contribution in [-0.4, -0.2) is 19.9 Å². The molecular formula is C23H20BrClN2O2. The summed E-state index contributed by atoms with van der Waals surface area (Å²) in [4.78, 5) is 0. The van der Waals surface area contributed by atoms with E-state index in [4.69, 9.17) is 26.2 Å². The van der Waals surface area contributed by atoms with E-state index < -0.39 is 0 Å². The summed E-state index contributed by atoms with van der Waals surface area (Å²) in [5.74, 6) is 1.54. The van der Waals surface area contributed by atoms with Crippen molar-refractivity contribution in [3.05, 3.63) is 87.4 Å². The molecule has 1 heterocycles. The van der Waals surface area contributed by atoms with Crippen LogP contribution < -0.4 is 14.5 Å². The Morgan fingerprint density at radius 3 is 2.48 bits per heavy atom. The fraction of sp³-hybridized carbons (Fsp3) is 0.174. The van der Waals surface area contributed by atoms with Crippen molar-refractivity contribution in [1.82, 2.24) is 0 Å². The lowest BCUT2D eigenvalue weighted by Gasteiger charge is -2.25. The van der Waals surface area contributed by atoms with E-state index in [2.05, 4.69) is 33.1 Å². The van der Waals surface area contributed by atoms with Crippen molar-refractivity contribution in [3.8, 4) is 11.5 Å². The number of rotatable bonds is 5. The minimum atomic E-state index is -0.00386. The second-order valence-corrected chi connectivity index (χ2v) is 8.06. The minimum absolute atomic E-state index is 0.00386. The van der Waals surface area contributed by atoms with Gasteiger partial charge in [-0.3, -0.25) is 5.01 Å². The molecule has 1 aliphatic heterocycles. The van der Waals surface area contributed by atoms with E-state index in [1.165, 1.54) is 0 Å². The van der Waals surface area contributed by atoms with Crippen LogP contribution in [0.2, 0.25) is 5.02 Å². The van der Waals surface area contributed by atoms with Crippen LogP contribution in [0.3, 0.4) is 0 Å². The lowest BCUT2D eigenvalue weighted by atomic mass is 9.97. The molecule has 0 aromatic heterocycles. The molecule has 4 nitrogen and oxygen atoms in total. The van der Waals surface area contributed by atoms with Gasteiger partial charge in [-0.2, -0.15) is 5.10 Å². The summed E-state index contributed by atoms with van der Waals surface area (Å²) in [6.07, 6.45) is 0.747. The van der Waals surface area contributed by atoms with Crippen LogP contribution in [-0.2, 0) is 0 Å². The summed E-state index contributed by atoms with van der Waals surface area (Å²) in [5, 5.41) is 7.74. The number of hydrogen-bond donors (Lipinski definition) is 0. The molecule has 0 saturated heterocycles. The largest absolute Gasteiger partial charge is 0.497 e. The van der Waals surface area contributed by atoms with E-state index in [1.54, 1.807) is 14.2 Å². The fourth-order valence-corrected chi connectivity index (χ4v) is 4.03. The van der Waals surface area contributed by atoms with Crippen LogP contribution in [0.5, 0.6) is 11.5 Å². The van der Waals surface area contributed by atoms with Gasteiger partial charge in [0.15, 0.2) is 0 Å². The third-order valence-corrected chi connectivity index (χ3v) is 5.71. The standard InChI is InChI=1S/C23H20BrClN2O2/c1-28-19-10-11-20(23(13-19)29-2)22-14-21(15-6-8-17(25)9-7-15)26-27(22)18-5-3-4-16(24)12-18/h3-13,22H,14H2,1-2H3/t22-/m0/s1. The van der Waals surface area contributed by atoms with E-state index in [-0.39, 0.29) is 6.04 Å². The topological polar surface area (TPSA) is 34.1 Å². The maximum atomic E-state index is 6.07. The maximum absolute atomic E-state index is 6.07. The van der Waals surface area contributed by atoms with Crippen LogP contribution in [0.1, 0.15) is 23.6 Å². The quantitative estimate of drug-likeness (QED) is 0.427. The zero-order valence-corrected chi connectivity index (χ0v) is 18.4. The number of ether oxygens (including phenoxy) is 2. The van der Waals surface area contributed by atoms with Crippen LogP contribution in [0.25, 0.3) is 0 Å². The van der Waals surface area contributed by atoms with E-state index in [0.717, 1.165) is 44.9 Å². The lowest BCUT2D eigenvalue weighted by Crippen LogP contribution is -2.19. The van der Waals surface area contributed by atoms with Crippen molar-refractivity contribution in [2.45, 2.75) is 12.5 Å². The number of nitrogens with zero attached hydrogens (tertiary/aromatic N) is 2. The van der Waals surface area contributed by atoms with E-state index >= 15 is 0 Å². The number of halogens is 2. The zero-order chi connectivity index (χ0) is 20.4. The smallest absolute Gasteiger partial charge is 0.127 e. The highest BCUT2D eigenvalue weighted by molar-refractivity contribution is 9.10. The van der Waals surface area contributed by atoms with E-state index in [0.29, 0.717) is 5.02 Å². The number of benzene rings is 3. The van der Waals surface area contributed by atoms with Gasteiger partial charge in [0.25, 0.3) is 0 Å². The van der Waals surface area contributed by atoms with Gasteiger partial charge in [0.1, 0.15) is 11.5 Å². The molecule has 0 bridgehead atoms. The van der Waals surface area contributed by atoms with Gasteiger partial charge in [0, 0.05) is 27.5 Å². The Morgan fingerprint density at radius 2 is 1.79 bits per heavy atom. The average Bonchev–Trinajstić information content (AvgIpc) is 3.19.